The molecule has 0 heterocycles. The van der Waals surface area contributed by atoms with E-state index >= 15 is 0 Å². The van der Waals surface area contributed by atoms with Gasteiger partial charge in [-0.05, 0) is 60.7 Å². The van der Waals surface area contributed by atoms with E-state index in [9.17, 15) is 9.59 Å². The Hall–Kier alpha value is -2.40. The molecule has 5 heteroatoms. The van der Waals surface area contributed by atoms with E-state index in [2.05, 4.69) is 15.9 Å². The van der Waals surface area contributed by atoms with Crippen molar-refractivity contribution < 1.29 is 14.3 Å². The van der Waals surface area contributed by atoms with Crippen molar-refractivity contribution in [2.24, 2.45) is 5.92 Å². The number of hydrogen-bond donors (Lipinski definition) is 0. The molecule has 0 bridgehead atoms. The lowest BCUT2D eigenvalue weighted by Gasteiger charge is -2.31. The van der Waals surface area contributed by atoms with E-state index in [1.54, 1.807) is 6.08 Å². The summed E-state index contributed by atoms with van der Waals surface area (Å²) in [5.41, 5.74) is 3.84. The van der Waals surface area contributed by atoms with Crippen LogP contribution in [-0.4, -0.2) is 19.0 Å². The number of amides is 1. The topological polar surface area (TPSA) is 46.6 Å². The average Bonchev–Trinajstić information content (AvgIpc) is 2.78. The molecule has 1 fully saturated rings. The number of rotatable bonds is 6. The molecule has 30 heavy (non-hydrogen) atoms. The minimum Gasteiger partial charge on any atom is -0.466 e. The van der Waals surface area contributed by atoms with Crippen molar-refractivity contribution >= 4 is 39.6 Å². The largest absolute Gasteiger partial charge is 0.466 e. The highest BCUT2D eigenvalue weighted by molar-refractivity contribution is 9.10. The van der Waals surface area contributed by atoms with E-state index in [1.165, 1.54) is 19.6 Å². The summed E-state index contributed by atoms with van der Waals surface area (Å²) < 4.78 is 5.72. The number of ether oxygens (including phenoxy) is 1. The van der Waals surface area contributed by atoms with Crippen molar-refractivity contribution in [2.75, 3.05) is 12.0 Å². The molecule has 4 nitrogen and oxygen atoms in total. The molecule has 0 unspecified atom stereocenters. The predicted molar refractivity (Wildman–Crippen MR) is 124 cm³/mol. The molecule has 1 aliphatic rings. The van der Waals surface area contributed by atoms with E-state index in [-0.39, 0.29) is 11.8 Å². The molecule has 0 radical (unpaired) electrons. The quantitative estimate of drug-likeness (QED) is 0.381. The molecule has 0 aliphatic heterocycles. The Labute approximate surface area is 187 Å². The Morgan fingerprint density at radius 2 is 1.80 bits per heavy atom. The van der Waals surface area contributed by atoms with Crippen LogP contribution >= 0.6 is 15.9 Å². The normalized spacial score (nSPS) is 14.6. The Balaban J connectivity index is 1.96. The van der Waals surface area contributed by atoms with E-state index in [1.807, 2.05) is 54.3 Å². The number of benzene rings is 2. The highest BCUT2D eigenvalue weighted by Crippen LogP contribution is 2.31. The van der Waals surface area contributed by atoms with Crippen LogP contribution in [0, 0.1) is 12.8 Å². The Morgan fingerprint density at radius 1 is 1.10 bits per heavy atom. The maximum Gasteiger partial charge on any atom is 0.330 e. The molecule has 1 aliphatic carbocycles. The van der Waals surface area contributed by atoms with Gasteiger partial charge >= 0.3 is 5.97 Å². The summed E-state index contributed by atoms with van der Waals surface area (Å²) in [6.45, 7) is 2.52. The lowest BCUT2D eigenvalue weighted by Crippen LogP contribution is -2.37. The molecule has 1 saturated carbocycles. The van der Waals surface area contributed by atoms with Gasteiger partial charge in [0.05, 0.1) is 13.7 Å². The molecule has 0 aromatic heterocycles. The average molecular weight is 470 g/mol. The van der Waals surface area contributed by atoms with Gasteiger partial charge in [-0.3, -0.25) is 4.79 Å². The van der Waals surface area contributed by atoms with Crippen molar-refractivity contribution in [3.63, 3.8) is 0 Å². The molecule has 0 saturated heterocycles. The first-order valence-electron chi connectivity index (χ1n) is 10.4. The van der Waals surface area contributed by atoms with Crippen molar-refractivity contribution in [1.29, 1.82) is 0 Å². The number of hydrogen-bond acceptors (Lipinski definition) is 3. The SMILES string of the molecule is COC(=O)/C=C/c1cccc(N(Cc2ccc(Br)cc2)C(=O)C2CCCCC2)c1C. The van der Waals surface area contributed by atoms with Gasteiger partial charge in [0.15, 0.2) is 0 Å². The summed E-state index contributed by atoms with van der Waals surface area (Å²) in [4.78, 5) is 27.0. The number of carbonyl (C=O) groups excluding carboxylic acids is 2. The van der Waals surface area contributed by atoms with Crippen molar-refractivity contribution in [3.8, 4) is 0 Å². The lowest BCUT2D eigenvalue weighted by atomic mass is 9.88. The van der Waals surface area contributed by atoms with Crippen LogP contribution in [0.15, 0.2) is 53.0 Å². The van der Waals surface area contributed by atoms with Crippen LogP contribution in [-0.2, 0) is 20.9 Å². The first-order valence-corrected chi connectivity index (χ1v) is 11.2. The maximum absolute atomic E-state index is 13.6. The molecule has 0 spiro atoms. The van der Waals surface area contributed by atoms with Crippen molar-refractivity contribution in [1.82, 2.24) is 0 Å². The van der Waals surface area contributed by atoms with Gasteiger partial charge < -0.3 is 9.64 Å². The standard InChI is InChI=1S/C25H28BrNO3/c1-18-20(13-16-24(28)30-2)9-6-10-23(18)27(17-19-11-14-22(26)15-12-19)25(29)21-7-4-3-5-8-21/h6,9-16,21H,3-5,7-8,17H2,1-2H3/b16-13+. The van der Waals surface area contributed by atoms with Gasteiger partial charge in [0, 0.05) is 22.2 Å². The predicted octanol–water partition coefficient (Wildman–Crippen LogP) is 6.06. The fourth-order valence-corrected chi connectivity index (χ4v) is 4.23. The van der Waals surface area contributed by atoms with Gasteiger partial charge in [-0.25, -0.2) is 4.79 Å². The Morgan fingerprint density at radius 3 is 2.47 bits per heavy atom. The van der Waals surface area contributed by atoms with E-state index < -0.39 is 5.97 Å². The van der Waals surface area contributed by atoms with Crippen molar-refractivity contribution in [2.45, 2.75) is 45.6 Å². The zero-order valence-corrected chi connectivity index (χ0v) is 19.2. The first kappa shape index (κ1) is 22.3. The minimum absolute atomic E-state index is 0.0721. The Bertz CT molecular complexity index is 914. The van der Waals surface area contributed by atoms with Crippen LogP contribution < -0.4 is 4.90 Å². The highest BCUT2D eigenvalue weighted by Gasteiger charge is 2.28. The second kappa shape index (κ2) is 10.6. The second-order valence-corrected chi connectivity index (χ2v) is 8.65. The maximum atomic E-state index is 13.6. The fraction of sp³-hybridized carbons (Fsp3) is 0.360. The van der Waals surface area contributed by atoms with Gasteiger partial charge in [-0.15, -0.1) is 0 Å². The number of esters is 1. The zero-order chi connectivity index (χ0) is 21.5. The monoisotopic (exact) mass is 469 g/mol. The molecule has 0 atom stereocenters. The number of methoxy groups -OCH3 is 1. The molecular weight excluding hydrogens is 442 g/mol. The summed E-state index contributed by atoms with van der Waals surface area (Å²) in [7, 11) is 1.36. The van der Waals surface area contributed by atoms with Gasteiger partial charge in [-0.1, -0.05) is 59.5 Å². The summed E-state index contributed by atoms with van der Waals surface area (Å²) in [5, 5.41) is 0. The van der Waals surface area contributed by atoms with Gasteiger partial charge in [0.1, 0.15) is 0 Å². The van der Waals surface area contributed by atoms with Crippen LogP contribution in [0.5, 0.6) is 0 Å². The number of nitrogens with zero attached hydrogens (tertiary/aromatic N) is 1. The number of halogens is 1. The fourth-order valence-electron chi connectivity index (χ4n) is 3.96. The Kier molecular flexibility index (Phi) is 7.86. The first-order chi connectivity index (χ1) is 14.5. The molecular formula is C25H28BrNO3. The van der Waals surface area contributed by atoms with Crippen LogP contribution in [0.1, 0.15) is 48.8 Å². The molecule has 158 valence electrons. The lowest BCUT2D eigenvalue weighted by molar-refractivity contribution is -0.134. The minimum atomic E-state index is -0.398. The van der Waals surface area contributed by atoms with Crippen molar-refractivity contribution in [3.05, 3.63) is 69.7 Å². The van der Waals surface area contributed by atoms with Crippen LogP contribution in [0.4, 0.5) is 5.69 Å². The summed E-state index contributed by atoms with van der Waals surface area (Å²) in [5.74, 6) is -0.137. The van der Waals surface area contributed by atoms with E-state index in [0.717, 1.165) is 52.5 Å². The third-order valence-electron chi connectivity index (χ3n) is 5.71. The molecule has 0 N–H and O–H groups in total. The smallest absolute Gasteiger partial charge is 0.330 e. The molecule has 2 aromatic rings. The van der Waals surface area contributed by atoms with Gasteiger partial charge in [0.25, 0.3) is 0 Å². The summed E-state index contributed by atoms with van der Waals surface area (Å²) in [6, 6.07) is 14.0. The van der Waals surface area contributed by atoms with Gasteiger partial charge in [0.2, 0.25) is 5.91 Å². The van der Waals surface area contributed by atoms with Crippen LogP contribution in [0.3, 0.4) is 0 Å². The molecule has 1 amide bonds. The van der Waals surface area contributed by atoms with E-state index in [0.29, 0.717) is 6.54 Å². The van der Waals surface area contributed by atoms with E-state index in [4.69, 9.17) is 4.74 Å². The third kappa shape index (κ3) is 5.60. The van der Waals surface area contributed by atoms with Gasteiger partial charge in [-0.2, -0.15) is 0 Å². The third-order valence-corrected chi connectivity index (χ3v) is 6.24. The summed E-state index contributed by atoms with van der Waals surface area (Å²) in [6.07, 6.45) is 8.51. The zero-order valence-electron chi connectivity index (χ0n) is 17.6. The highest BCUT2D eigenvalue weighted by atomic mass is 79.9. The van der Waals surface area contributed by atoms with Crippen LogP contribution in [0.25, 0.3) is 6.08 Å². The molecule has 2 aromatic carbocycles. The van der Waals surface area contributed by atoms with Crippen LogP contribution in [0.2, 0.25) is 0 Å². The summed E-state index contributed by atoms with van der Waals surface area (Å²) >= 11 is 3.48. The second-order valence-electron chi connectivity index (χ2n) is 7.73. The molecule has 3 rings (SSSR count). The number of carbonyl (C=O) groups is 2. The number of anilines is 1.